The van der Waals surface area contributed by atoms with E-state index in [0.717, 1.165) is 57.8 Å². The first-order valence-corrected chi connectivity index (χ1v) is 25.4. The van der Waals surface area contributed by atoms with E-state index in [2.05, 4.69) is 20.8 Å². The van der Waals surface area contributed by atoms with Gasteiger partial charge in [0.1, 0.15) is 19.8 Å². The fraction of sp³-hybridized carbons (Fsp3) is 0.941. The lowest BCUT2D eigenvalue weighted by atomic mass is 9.90. The minimum atomic E-state index is -0.824. The zero-order chi connectivity index (χ0) is 42.6. The lowest BCUT2D eigenvalue weighted by Gasteiger charge is -2.34. The first kappa shape index (κ1) is 56.4. The van der Waals surface area contributed by atoms with Gasteiger partial charge in [-0.2, -0.15) is 0 Å². The number of ether oxygens (including phenoxy) is 3. The van der Waals surface area contributed by atoms with Crippen molar-refractivity contribution in [1.82, 2.24) is 4.90 Å². The van der Waals surface area contributed by atoms with Crippen molar-refractivity contribution >= 4 is 17.9 Å². The van der Waals surface area contributed by atoms with Crippen LogP contribution >= 0.6 is 0 Å². The number of hydrogen-bond donors (Lipinski definition) is 0. The van der Waals surface area contributed by atoms with E-state index in [1.165, 1.54) is 167 Å². The van der Waals surface area contributed by atoms with E-state index in [0.29, 0.717) is 25.8 Å². The molecule has 0 aromatic rings. The van der Waals surface area contributed by atoms with E-state index in [1.807, 2.05) is 19.0 Å². The van der Waals surface area contributed by atoms with E-state index in [9.17, 15) is 14.4 Å². The van der Waals surface area contributed by atoms with Gasteiger partial charge in [0, 0.05) is 25.8 Å². The van der Waals surface area contributed by atoms with E-state index >= 15 is 0 Å². The third kappa shape index (κ3) is 39.8. The van der Waals surface area contributed by atoms with Crippen molar-refractivity contribution in [1.29, 1.82) is 0 Å². The molecule has 0 unspecified atom stereocenters. The van der Waals surface area contributed by atoms with Crippen molar-refractivity contribution in [3.05, 3.63) is 0 Å². The molecule has 7 heteroatoms. The molecule has 7 nitrogen and oxygen atoms in total. The summed E-state index contributed by atoms with van der Waals surface area (Å²) in [5.41, 5.74) is -0.824. The van der Waals surface area contributed by atoms with Gasteiger partial charge in [0.2, 0.25) is 0 Å². The second kappa shape index (κ2) is 43.5. The summed E-state index contributed by atoms with van der Waals surface area (Å²) in [5.74, 6) is -0.696. The summed E-state index contributed by atoms with van der Waals surface area (Å²) < 4.78 is 17.6. The Balaban J connectivity index is 4.79. The smallest absolute Gasteiger partial charge is 0.305 e. The molecule has 344 valence electrons. The van der Waals surface area contributed by atoms with Crippen molar-refractivity contribution in [2.75, 3.05) is 40.5 Å². The zero-order valence-corrected chi connectivity index (χ0v) is 39.6. The van der Waals surface area contributed by atoms with Gasteiger partial charge in [0.25, 0.3) is 0 Å². The predicted molar refractivity (Wildman–Crippen MR) is 246 cm³/mol. The number of unbranched alkanes of at least 4 members (excludes halogenated alkanes) is 32. The molecule has 0 aliphatic rings. The summed E-state index contributed by atoms with van der Waals surface area (Å²) in [6.45, 7) is 7.41. The molecule has 0 saturated carbocycles. The van der Waals surface area contributed by atoms with Gasteiger partial charge in [0.15, 0.2) is 0 Å². The Hall–Kier alpha value is -1.63. The van der Waals surface area contributed by atoms with E-state index in [-0.39, 0.29) is 37.7 Å². The Bertz CT molecular complexity index is 861. The Kier molecular flexibility index (Phi) is 42.2. The topological polar surface area (TPSA) is 82.1 Å². The van der Waals surface area contributed by atoms with Crippen LogP contribution in [0.3, 0.4) is 0 Å². The number of nitrogens with zero attached hydrogens (tertiary/aromatic N) is 1. The van der Waals surface area contributed by atoms with Crippen LogP contribution in [0.4, 0.5) is 0 Å². The summed E-state index contributed by atoms with van der Waals surface area (Å²) in [6, 6.07) is 0. The van der Waals surface area contributed by atoms with Crippen molar-refractivity contribution in [3.63, 3.8) is 0 Å². The molecule has 0 aliphatic heterocycles. The third-order valence-electron chi connectivity index (χ3n) is 11.7. The maximum absolute atomic E-state index is 13.0. The molecule has 0 aromatic carbocycles. The van der Waals surface area contributed by atoms with E-state index in [4.69, 9.17) is 14.2 Å². The molecular weight excluding hydrogens is 723 g/mol. The molecular formula is C51H99NO6. The molecule has 0 spiro atoms. The van der Waals surface area contributed by atoms with Crippen LogP contribution in [0.1, 0.15) is 265 Å². The highest BCUT2D eigenvalue weighted by atomic mass is 16.6. The van der Waals surface area contributed by atoms with E-state index < -0.39 is 5.41 Å². The fourth-order valence-corrected chi connectivity index (χ4v) is 8.00. The van der Waals surface area contributed by atoms with Gasteiger partial charge in [-0.1, -0.05) is 226 Å². The molecule has 0 aromatic heterocycles. The third-order valence-corrected chi connectivity index (χ3v) is 11.7. The van der Waals surface area contributed by atoms with Gasteiger partial charge in [-0.05, 0) is 33.4 Å². The number of carbonyl (C=O) groups is 3. The molecule has 0 bridgehead atoms. The molecule has 0 amide bonds. The minimum absolute atomic E-state index is 0.0550. The zero-order valence-electron chi connectivity index (χ0n) is 39.6. The van der Waals surface area contributed by atoms with Crippen LogP contribution in [0, 0.1) is 5.41 Å². The molecule has 0 rings (SSSR count). The summed E-state index contributed by atoms with van der Waals surface area (Å²) >= 11 is 0. The number of hydrogen-bond acceptors (Lipinski definition) is 7. The fourth-order valence-electron chi connectivity index (χ4n) is 8.00. The standard InChI is InChI=1S/C51H99NO6/c1-6-9-12-15-18-21-23-25-27-30-33-36-39-42-49(54)57-46-51(44-52(4)5,45-56-48(53)41-38-35-32-29-20-17-14-11-8-3)47-58-50(55)43-40-37-34-31-28-26-24-22-19-16-13-10-7-2/h6-47H2,1-5H3. The number of carbonyl (C=O) groups excluding carboxylic acids is 3. The van der Waals surface area contributed by atoms with Gasteiger partial charge in [0.05, 0.1) is 5.41 Å². The number of esters is 3. The summed E-state index contributed by atoms with van der Waals surface area (Å²) in [7, 11) is 3.90. The summed E-state index contributed by atoms with van der Waals surface area (Å²) in [5, 5.41) is 0. The molecule has 0 heterocycles. The van der Waals surface area contributed by atoms with Gasteiger partial charge in [-0.15, -0.1) is 0 Å². The van der Waals surface area contributed by atoms with Gasteiger partial charge >= 0.3 is 17.9 Å². The van der Waals surface area contributed by atoms with Crippen LogP contribution in [0.5, 0.6) is 0 Å². The first-order chi connectivity index (χ1) is 28.3. The van der Waals surface area contributed by atoms with Crippen LogP contribution in [-0.2, 0) is 28.6 Å². The molecule has 0 fully saturated rings. The SMILES string of the molecule is CCCCCCCCCCCCCCCC(=O)OCC(COC(=O)CCCCCCCCCCC)(COC(=O)CCCCCCCCCCCCCCC)CN(C)C. The van der Waals surface area contributed by atoms with Crippen LogP contribution in [0.25, 0.3) is 0 Å². The highest BCUT2D eigenvalue weighted by Gasteiger charge is 2.36. The van der Waals surface area contributed by atoms with Gasteiger partial charge < -0.3 is 19.1 Å². The highest BCUT2D eigenvalue weighted by molar-refractivity contribution is 5.70. The average molecular weight is 822 g/mol. The highest BCUT2D eigenvalue weighted by Crippen LogP contribution is 2.24. The van der Waals surface area contributed by atoms with Crippen molar-refractivity contribution in [3.8, 4) is 0 Å². The second-order valence-corrected chi connectivity index (χ2v) is 18.3. The maximum Gasteiger partial charge on any atom is 0.305 e. The molecule has 0 atom stereocenters. The maximum atomic E-state index is 13.0. The van der Waals surface area contributed by atoms with Crippen molar-refractivity contribution in [2.45, 2.75) is 265 Å². The first-order valence-electron chi connectivity index (χ1n) is 25.4. The Morgan fingerprint density at radius 1 is 0.328 bits per heavy atom. The molecule has 0 aliphatic carbocycles. The normalized spacial score (nSPS) is 11.7. The molecule has 0 saturated heterocycles. The Morgan fingerprint density at radius 3 is 0.707 bits per heavy atom. The van der Waals surface area contributed by atoms with Gasteiger partial charge in [-0.3, -0.25) is 14.4 Å². The van der Waals surface area contributed by atoms with Crippen molar-refractivity contribution < 1.29 is 28.6 Å². The number of rotatable bonds is 46. The molecule has 58 heavy (non-hydrogen) atoms. The monoisotopic (exact) mass is 822 g/mol. The minimum Gasteiger partial charge on any atom is -0.465 e. The Labute approximate surface area is 361 Å². The lowest BCUT2D eigenvalue weighted by molar-refractivity contribution is -0.163. The van der Waals surface area contributed by atoms with Crippen LogP contribution < -0.4 is 0 Å². The van der Waals surface area contributed by atoms with E-state index in [1.54, 1.807) is 0 Å². The van der Waals surface area contributed by atoms with Crippen LogP contribution in [0.15, 0.2) is 0 Å². The average Bonchev–Trinajstić information content (AvgIpc) is 3.21. The van der Waals surface area contributed by atoms with Crippen LogP contribution in [-0.4, -0.2) is 63.3 Å². The summed E-state index contributed by atoms with van der Waals surface area (Å²) in [6.07, 6.45) is 44.5. The quantitative estimate of drug-likeness (QED) is 0.0343. The summed E-state index contributed by atoms with van der Waals surface area (Å²) in [4.78, 5) is 40.8. The molecule has 0 N–H and O–H groups in total. The largest absolute Gasteiger partial charge is 0.465 e. The Morgan fingerprint density at radius 2 is 0.517 bits per heavy atom. The molecule has 0 radical (unpaired) electrons. The lowest BCUT2D eigenvalue weighted by Crippen LogP contribution is -2.46. The predicted octanol–water partition coefficient (Wildman–Crippen LogP) is 15.0. The van der Waals surface area contributed by atoms with Crippen LogP contribution in [0.2, 0.25) is 0 Å². The van der Waals surface area contributed by atoms with Gasteiger partial charge in [-0.25, -0.2) is 0 Å². The van der Waals surface area contributed by atoms with Crippen molar-refractivity contribution in [2.24, 2.45) is 5.41 Å². The second-order valence-electron chi connectivity index (χ2n) is 18.3.